The molecule has 9 heteroatoms. The summed E-state index contributed by atoms with van der Waals surface area (Å²) in [5.41, 5.74) is 0. The van der Waals surface area contributed by atoms with Crippen molar-refractivity contribution in [1.29, 1.82) is 0 Å². The van der Waals surface area contributed by atoms with Crippen LogP contribution in [0.4, 0.5) is 0 Å². The summed E-state index contributed by atoms with van der Waals surface area (Å²) in [5, 5.41) is 37.6. The fraction of sp³-hybridized carbons (Fsp3) is 0.500. The van der Waals surface area contributed by atoms with Crippen molar-refractivity contribution < 1.29 is 37.8 Å². The van der Waals surface area contributed by atoms with Gasteiger partial charge in [-0.3, -0.25) is 0 Å². The number of aliphatic hydroxyl groups excluding tert-OH is 4. The number of hydrogen-bond donors (Lipinski definition) is 4. The molecule has 1 aliphatic rings. The minimum Gasteiger partial charge on any atom is -0.394 e. The Kier molecular flexibility index (Phi) is 4.94. The van der Waals surface area contributed by atoms with Crippen LogP contribution in [0.3, 0.4) is 0 Å². The van der Waals surface area contributed by atoms with E-state index in [2.05, 4.69) is 0 Å². The van der Waals surface area contributed by atoms with Crippen LogP contribution >= 0.6 is 0 Å². The fourth-order valence-corrected chi connectivity index (χ4v) is 2.95. The highest BCUT2D eigenvalue weighted by Crippen LogP contribution is 2.27. The van der Waals surface area contributed by atoms with Gasteiger partial charge in [-0.1, -0.05) is 18.2 Å². The molecule has 5 atom stereocenters. The van der Waals surface area contributed by atoms with Crippen LogP contribution in [0.25, 0.3) is 0 Å². The molecule has 4 N–H and O–H groups in total. The summed E-state index contributed by atoms with van der Waals surface area (Å²) in [7, 11) is -4.20. The first-order valence-electron chi connectivity index (χ1n) is 6.15. The summed E-state index contributed by atoms with van der Waals surface area (Å²) in [6.45, 7) is -0.716. The second-order valence-corrected chi connectivity index (χ2v) is 6.14. The lowest BCUT2D eigenvalue weighted by atomic mass is 10.1. The van der Waals surface area contributed by atoms with Crippen molar-refractivity contribution in [1.82, 2.24) is 0 Å². The predicted molar refractivity (Wildman–Crippen MR) is 68.5 cm³/mol. The fourth-order valence-electron chi connectivity index (χ4n) is 1.94. The van der Waals surface area contributed by atoms with Crippen molar-refractivity contribution in [2.24, 2.45) is 0 Å². The molecule has 0 bridgehead atoms. The molecule has 118 valence electrons. The Morgan fingerprint density at radius 2 is 1.81 bits per heavy atom. The average Bonchev–Trinajstić information content (AvgIpc) is 2.75. The molecule has 1 aromatic rings. The molecule has 21 heavy (non-hydrogen) atoms. The zero-order valence-electron chi connectivity index (χ0n) is 10.8. The van der Waals surface area contributed by atoms with Gasteiger partial charge in [0.1, 0.15) is 24.4 Å². The Hall–Kier alpha value is -1.07. The summed E-state index contributed by atoms with van der Waals surface area (Å²) in [4.78, 5) is -0.138. The molecule has 8 nitrogen and oxygen atoms in total. The first-order chi connectivity index (χ1) is 9.86. The molecule has 1 fully saturated rings. The van der Waals surface area contributed by atoms with Gasteiger partial charge in [0.15, 0.2) is 0 Å². The van der Waals surface area contributed by atoms with Gasteiger partial charge in [-0.2, -0.15) is 8.42 Å². The van der Waals surface area contributed by atoms with Crippen LogP contribution in [-0.2, 0) is 19.0 Å². The van der Waals surface area contributed by atoms with E-state index in [0.717, 1.165) is 0 Å². The topological polar surface area (TPSA) is 134 Å². The van der Waals surface area contributed by atoms with E-state index in [-0.39, 0.29) is 4.90 Å². The second-order valence-electron chi connectivity index (χ2n) is 4.56. The maximum Gasteiger partial charge on any atom is 0.299 e. The van der Waals surface area contributed by atoms with Gasteiger partial charge in [0.2, 0.25) is 6.29 Å². The summed E-state index contributed by atoms with van der Waals surface area (Å²) < 4.78 is 33.7. The molecule has 1 aliphatic heterocycles. The minimum absolute atomic E-state index is 0.138. The summed E-state index contributed by atoms with van der Waals surface area (Å²) >= 11 is 0. The first-order valence-corrected chi connectivity index (χ1v) is 7.56. The third-order valence-corrected chi connectivity index (χ3v) is 4.37. The third-order valence-electron chi connectivity index (χ3n) is 3.08. The van der Waals surface area contributed by atoms with Gasteiger partial charge < -0.3 is 25.2 Å². The van der Waals surface area contributed by atoms with Gasteiger partial charge >= 0.3 is 0 Å². The normalized spacial score (nSPS) is 31.2. The number of rotatable bonds is 5. The molecule has 2 rings (SSSR count). The van der Waals surface area contributed by atoms with Crippen LogP contribution in [-0.4, -0.2) is 66.2 Å². The molecular weight excluding hydrogens is 304 g/mol. The van der Waals surface area contributed by atoms with E-state index in [1.807, 2.05) is 0 Å². The van der Waals surface area contributed by atoms with Gasteiger partial charge in [-0.05, 0) is 12.1 Å². The van der Waals surface area contributed by atoms with Crippen LogP contribution in [0.2, 0.25) is 0 Å². The van der Waals surface area contributed by atoms with Crippen LogP contribution < -0.4 is 0 Å². The van der Waals surface area contributed by atoms with E-state index in [4.69, 9.17) is 14.0 Å². The van der Waals surface area contributed by atoms with E-state index < -0.39 is 47.4 Å². The lowest BCUT2D eigenvalue weighted by Gasteiger charge is -2.18. The molecule has 0 spiro atoms. The summed E-state index contributed by atoms with van der Waals surface area (Å²) in [6, 6.07) is 7.21. The average molecular weight is 320 g/mol. The molecule has 0 aliphatic carbocycles. The second kappa shape index (κ2) is 6.36. The molecule has 0 saturated carbocycles. The van der Waals surface area contributed by atoms with E-state index in [1.165, 1.54) is 24.3 Å². The lowest BCUT2D eigenvalue weighted by Crippen LogP contribution is -2.40. The number of benzene rings is 1. The molecule has 1 aromatic carbocycles. The smallest absolute Gasteiger partial charge is 0.299 e. The summed E-state index contributed by atoms with van der Waals surface area (Å²) in [5.74, 6) is 0. The standard InChI is InChI=1S/C12H16O8S/c13-6-8(14)11-9(15)10(16)12(19-11)20-21(17,18)7-4-2-1-3-5-7/h1-5,8-16H,6H2/t8-,9-,10-,11-,12-/m1/s1. The Morgan fingerprint density at radius 3 is 2.38 bits per heavy atom. The van der Waals surface area contributed by atoms with Crippen molar-refractivity contribution in [3.05, 3.63) is 30.3 Å². The Bertz CT molecular complexity index is 560. The molecule has 0 amide bonds. The van der Waals surface area contributed by atoms with Crippen molar-refractivity contribution in [2.45, 2.75) is 35.6 Å². The molecule has 1 saturated heterocycles. The largest absolute Gasteiger partial charge is 0.394 e. The maximum absolute atomic E-state index is 12.0. The van der Waals surface area contributed by atoms with Gasteiger partial charge in [-0.25, -0.2) is 4.18 Å². The molecule has 0 unspecified atom stereocenters. The van der Waals surface area contributed by atoms with Gasteiger partial charge in [0.25, 0.3) is 10.1 Å². The van der Waals surface area contributed by atoms with E-state index in [9.17, 15) is 23.7 Å². The van der Waals surface area contributed by atoms with Crippen LogP contribution in [0.5, 0.6) is 0 Å². The SMILES string of the molecule is O=S(=O)(O[C@H]1O[C@H]([C@H](O)CO)[C@H](O)[C@H]1O)c1ccccc1. The van der Waals surface area contributed by atoms with Crippen molar-refractivity contribution in [3.63, 3.8) is 0 Å². The number of hydrogen-bond acceptors (Lipinski definition) is 8. The predicted octanol–water partition coefficient (Wildman–Crippen LogP) is -1.81. The number of ether oxygens (including phenoxy) is 1. The zero-order valence-corrected chi connectivity index (χ0v) is 11.6. The minimum atomic E-state index is -4.20. The Labute approximate surface area is 121 Å². The Balaban J connectivity index is 2.13. The molecule has 0 radical (unpaired) electrons. The highest BCUT2D eigenvalue weighted by molar-refractivity contribution is 7.86. The van der Waals surface area contributed by atoms with Crippen molar-refractivity contribution in [3.8, 4) is 0 Å². The quantitative estimate of drug-likeness (QED) is 0.467. The highest BCUT2D eigenvalue weighted by atomic mass is 32.2. The van der Waals surface area contributed by atoms with Gasteiger partial charge in [-0.15, -0.1) is 0 Å². The molecule has 0 aromatic heterocycles. The van der Waals surface area contributed by atoms with Crippen LogP contribution in [0.1, 0.15) is 0 Å². The first kappa shape index (κ1) is 16.3. The van der Waals surface area contributed by atoms with Crippen molar-refractivity contribution >= 4 is 10.1 Å². The highest BCUT2D eigenvalue weighted by Gasteiger charge is 2.48. The summed E-state index contributed by atoms with van der Waals surface area (Å²) in [6.07, 6.45) is -7.74. The van der Waals surface area contributed by atoms with E-state index in [0.29, 0.717) is 0 Å². The van der Waals surface area contributed by atoms with E-state index in [1.54, 1.807) is 6.07 Å². The Morgan fingerprint density at radius 1 is 1.19 bits per heavy atom. The van der Waals surface area contributed by atoms with Crippen LogP contribution in [0.15, 0.2) is 35.2 Å². The van der Waals surface area contributed by atoms with Crippen LogP contribution in [0, 0.1) is 0 Å². The van der Waals surface area contributed by atoms with Gasteiger partial charge in [0.05, 0.1) is 11.5 Å². The maximum atomic E-state index is 12.0. The molecule has 1 heterocycles. The lowest BCUT2D eigenvalue weighted by molar-refractivity contribution is -0.135. The van der Waals surface area contributed by atoms with Crippen molar-refractivity contribution in [2.75, 3.05) is 6.61 Å². The number of aliphatic hydroxyl groups is 4. The van der Waals surface area contributed by atoms with E-state index >= 15 is 0 Å². The zero-order chi connectivity index (χ0) is 15.6. The van der Waals surface area contributed by atoms with Gasteiger partial charge in [0, 0.05) is 0 Å². The third kappa shape index (κ3) is 3.40. The monoisotopic (exact) mass is 320 g/mol. The molecular formula is C12H16O8S.